The summed E-state index contributed by atoms with van der Waals surface area (Å²) in [4.78, 5) is 48.6. The molecule has 5 aromatic rings. The summed E-state index contributed by atoms with van der Waals surface area (Å²) in [5.41, 5.74) is 2.07. The number of carbonyl (C=O) groups excluding carboxylic acids is 1. The number of halogens is 2. The van der Waals surface area contributed by atoms with Crippen LogP contribution >= 0.6 is 22.9 Å². The molecule has 45 heavy (non-hydrogen) atoms. The van der Waals surface area contributed by atoms with Crippen molar-refractivity contribution in [1.29, 1.82) is 0 Å². The highest BCUT2D eigenvalue weighted by Crippen LogP contribution is 2.38. The number of rotatable bonds is 6. The van der Waals surface area contributed by atoms with Crippen LogP contribution in [0.3, 0.4) is 0 Å². The number of aromatic nitrogens is 2. The van der Waals surface area contributed by atoms with E-state index in [0.717, 1.165) is 30.2 Å². The second kappa shape index (κ2) is 11.6. The highest BCUT2D eigenvalue weighted by molar-refractivity contribution is 7.14. The minimum Gasteiger partial charge on any atom is -0.477 e. The molecule has 0 bridgehead atoms. The van der Waals surface area contributed by atoms with Crippen LogP contribution in [-0.2, 0) is 0 Å². The maximum Gasteiger partial charge on any atom is 0.341 e. The van der Waals surface area contributed by atoms with Crippen molar-refractivity contribution in [1.82, 2.24) is 14.5 Å². The van der Waals surface area contributed by atoms with E-state index >= 15 is 4.39 Å². The number of benzene rings is 3. The lowest BCUT2D eigenvalue weighted by Crippen LogP contribution is -2.52. The summed E-state index contributed by atoms with van der Waals surface area (Å²) in [6.07, 6.45) is 3.10. The first-order valence-electron chi connectivity index (χ1n) is 14.5. The molecule has 0 unspecified atom stereocenters. The van der Waals surface area contributed by atoms with Gasteiger partial charge in [-0.1, -0.05) is 41.9 Å². The van der Waals surface area contributed by atoms with Crippen LogP contribution in [0.2, 0.25) is 5.02 Å². The smallest absolute Gasteiger partial charge is 0.341 e. The van der Waals surface area contributed by atoms with Crippen LogP contribution in [0.5, 0.6) is 0 Å². The average molecular weight is 644 g/mol. The number of carboxylic acid groups (broad SMARTS) is 1. The fourth-order valence-corrected chi connectivity index (χ4v) is 6.66. The van der Waals surface area contributed by atoms with Crippen LogP contribution in [0.15, 0.2) is 83.1 Å². The van der Waals surface area contributed by atoms with E-state index in [1.165, 1.54) is 17.5 Å². The number of piperazine rings is 1. The fraction of sp³-hybridized carbons (Fsp3) is 0.212. The summed E-state index contributed by atoms with van der Waals surface area (Å²) in [6.45, 7) is 1.40. The Hall–Kier alpha value is -4.74. The first-order chi connectivity index (χ1) is 21.8. The van der Waals surface area contributed by atoms with Gasteiger partial charge < -0.3 is 19.5 Å². The monoisotopic (exact) mass is 643 g/mol. The summed E-state index contributed by atoms with van der Waals surface area (Å²) in [7, 11) is 0. The van der Waals surface area contributed by atoms with E-state index in [-0.39, 0.29) is 23.0 Å². The first kappa shape index (κ1) is 29.0. The van der Waals surface area contributed by atoms with Crippen LogP contribution in [0.4, 0.5) is 25.7 Å². The van der Waals surface area contributed by atoms with Gasteiger partial charge in [0.05, 0.1) is 22.6 Å². The maximum atomic E-state index is 15.5. The molecular formula is C33H27ClFN5O4S. The molecule has 2 fully saturated rings. The molecule has 3 heterocycles. The predicted molar refractivity (Wildman–Crippen MR) is 174 cm³/mol. The van der Waals surface area contributed by atoms with Crippen molar-refractivity contribution in [2.24, 2.45) is 0 Å². The summed E-state index contributed by atoms with van der Waals surface area (Å²) in [5.74, 6) is -1.93. The Morgan fingerprint density at radius 2 is 1.71 bits per heavy atom. The van der Waals surface area contributed by atoms with Crippen molar-refractivity contribution in [3.63, 3.8) is 0 Å². The van der Waals surface area contributed by atoms with Crippen molar-refractivity contribution in [3.05, 3.63) is 105 Å². The van der Waals surface area contributed by atoms with Gasteiger partial charge in [0.1, 0.15) is 11.4 Å². The SMILES string of the molecule is O=C(O)c1cn(C2CC2)c2cc(N3CCN(C(=O)N(c4ccccc4)c4nc(-c5ccc(Cl)cc5)cs4)CC3)c(F)cc2c1=O. The quantitative estimate of drug-likeness (QED) is 0.213. The number of carbonyl (C=O) groups is 2. The summed E-state index contributed by atoms with van der Waals surface area (Å²) >= 11 is 7.42. The zero-order valence-electron chi connectivity index (χ0n) is 23.9. The normalized spacial score (nSPS) is 15.0. The molecule has 0 radical (unpaired) electrons. The Morgan fingerprint density at radius 1 is 1.00 bits per heavy atom. The number of fused-ring (bicyclic) bond motifs is 1. The molecule has 1 saturated heterocycles. The molecule has 2 amide bonds. The van der Waals surface area contributed by atoms with Gasteiger partial charge in [-0.2, -0.15) is 0 Å². The Kier molecular flexibility index (Phi) is 7.50. The molecule has 1 N–H and O–H groups in total. The average Bonchev–Trinajstić information content (AvgIpc) is 3.79. The number of thiazole rings is 1. The number of nitrogens with zero attached hydrogens (tertiary/aromatic N) is 5. The minimum absolute atomic E-state index is 0.0526. The van der Waals surface area contributed by atoms with Crippen LogP contribution in [-0.4, -0.2) is 57.7 Å². The lowest BCUT2D eigenvalue weighted by atomic mass is 10.1. The Bertz CT molecular complexity index is 1990. The van der Waals surface area contributed by atoms with E-state index < -0.39 is 17.2 Å². The van der Waals surface area contributed by atoms with Gasteiger partial charge in [0.2, 0.25) is 5.43 Å². The summed E-state index contributed by atoms with van der Waals surface area (Å²) in [5, 5.41) is 12.6. The number of carboxylic acids is 1. The van der Waals surface area contributed by atoms with Crippen LogP contribution in [0, 0.1) is 5.82 Å². The maximum absolute atomic E-state index is 15.5. The number of hydrogen-bond donors (Lipinski definition) is 1. The Labute approximate surface area is 266 Å². The van der Waals surface area contributed by atoms with Gasteiger partial charge in [0.25, 0.3) is 0 Å². The lowest BCUT2D eigenvalue weighted by Gasteiger charge is -2.38. The lowest BCUT2D eigenvalue weighted by molar-refractivity contribution is 0.0694. The predicted octanol–water partition coefficient (Wildman–Crippen LogP) is 7.03. The van der Waals surface area contributed by atoms with E-state index in [1.54, 1.807) is 32.6 Å². The van der Waals surface area contributed by atoms with E-state index in [2.05, 4.69) is 0 Å². The topological polar surface area (TPSA) is 99.0 Å². The standard InChI is InChI=1S/C33H27ClFN5O4S/c34-21-8-6-20(7-9-21)27-19-45-32(36-27)40(23-4-2-1-3-5-23)33(44)38-14-12-37(13-15-38)29-17-28-24(16-26(29)35)30(41)25(31(42)43)18-39(28)22-10-11-22/h1-9,16-19,22H,10-15H2,(H,42,43). The molecule has 1 aliphatic heterocycles. The van der Waals surface area contributed by atoms with Gasteiger partial charge in [-0.3, -0.25) is 4.79 Å². The van der Waals surface area contributed by atoms with E-state index in [1.807, 2.05) is 52.7 Å². The highest BCUT2D eigenvalue weighted by Gasteiger charge is 2.31. The molecule has 12 heteroatoms. The second-order valence-corrected chi connectivity index (χ2v) is 12.4. The first-order valence-corrected chi connectivity index (χ1v) is 15.8. The Morgan fingerprint density at radius 3 is 2.38 bits per heavy atom. The van der Waals surface area contributed by atoms with Crippen molar-refractivity contribution in [2.75, 3.05) is 36.0 Å². The third-order valence-electron chi connectivity index (χ3n) is 8.19. The molecule has 0 atom stereocenters. The third-order valence-corrected chi connectivity index (χ3v) is 9.27. The second-order valence-electron chi connectivity index (χ2n) is 11.1. The molecule has 7 rings (SSSR count). The van der Waals surface area contributed by atoms with Crippen molar-refractivity contribution >= 4 is 62.3 Å². The third kappa shape index (κ3) is 5.53. The number of aromatic carboxylic acids is 1. The molecule has 2 aliphatic rings. The van der Waals surface area contributed by atoms with Crippen molar-refractivity contribution in [2.45, 2.75) is 18.9 Å². The van der Waals surface area contributed by atoms with E-state index in [0.29, 0.717) is 53.2 Å². The Balaban J connectivity index is 1.15. The van der Waals surface area contributed by atoms with Crippen LogP contribution in [0.1, 0.15) is 29.2 Å². The molecule has 9 nitrogen and oxygen atoms in total. The molecule has 0 spiro atoms. The van der Waals surface area contributed by atoms with Crippen LogP contribution in [0.25, 0.3) is 22.2 Å². The number of anilines is 3. The molecular weight excluding hydrogens is 617 g/mol. The zero-order valence-corrected chi connectivity index (χ0v) is 25.5. The molecule has 2 aromatic heterocycles. The van der Waals surface area contributed by atoms with Gasteiger partial charge in [-0.15, -0.1) is 11.3 Å². The van der Waals surface area contributed by atoms with Gasteiger partial charge >= 0.3 is 12.0 Å². The summed E-state index contributed by atoms with van der Waals surface area (Å²) in [6, 6.07) is 19.3. The van der Waals surface area contributed by atoms with Crippen molar-refractivity contribution in [3.8, 4) is 11.3 Å². The van der Waals surface area contributed by atoms with Gasteiger partial charge in [-0.05, 0) is 49.2 Å². The van der Waals surface area contributed by atoms with E-state index in [4.69, 9.17) is 16.6 Å². The zero-order chi connectivity index (χ0) is 31.2. The largest absolute Gasteiger partial charge is 0.477 e. The molecule has 3 aromatic carbocycles. The van der Waals surface area contributed by atoms with Gasteiger partial charge in [0.15, 0.2) is 5.13 Å². The minimum atomic E-state index is -1.33. The number of hydrogen-bond acceptors (Lipinski definition) is 6. The number of para-hydroxylation sites is 1. The van der Waals surface area contributed by atoms with Gasteiger partial charge in [-0.25, -0.2) is 23.9 Å². The van der Waals surface area contributed by atoms with Crippen molar-refractivity contribution < 1.29 is 19.1 Å². The number of pyridine rings is 1. The molecule has 1 aliphatic carbocycles. The van der Waals surface area contributed by atoms with Crippen LogP contribution < -0.4 is 15.2 Å². The summed E-state index contributed by atoms with van der Waals surface area (Å²) < 4.78 is 17.3. The van der Waals surface area contributed by atoms with E-state index in [9.17, 15) is 19.5 Å². The fourth-order valence-electron chi connectivity index (χ4n) is 5.69. The number of amides is 2. The highest BCUT2D eigenvalue weighted by atomic mass is 35.5. The van der Waals surface area contributed by atoms with Gasteiger partial charge in [0, 0.05) is 59.8 Å². The number of urea groups is 1. The molecule has 228 valence electrons. The molecule has 1 saturated carbocycles.